The van der Waals surface area contributed by atoms with Gasteiger partial charge in [-0.15, -0.1) is 0 Å². The van der Waals surface area contributed by atoms with E-state index in [2.05, 4.69) is 142 Å². The molecule has 0 aliphatic carbocycles. The van der Waals surface area contributed by atoms with Gasteiger partial charge in [0.1, 0.15) is 6.29 Å². The Hall–Kier alpha value is -4.69. The summed E-state index contributed by atoms with van der Waals surface area (Å²) in [7, 11) is 0. The monoisotopic (exact) mass is 521 g/mol. The number of aryl methyl sites for hydroxylation is 1. The van der Waals surface area contributed by atoms with Crippen molar-refractivity contribution in [1.82, 2.24) is 0 Å². The van der Waals surface area contributed by atoms with E-state index in [0.717, 1.165) is 40.0 Å². The van der Waals surface area contributed by atoms with Crippen molar-refractivity contribution in [2.45, 2.75) is 33.1 Å². The summed E-state index contributed by atoms with van der Waals surface area (Å²) in [6.45, 7) is 8.82. The first-order valence-corrected chi connectivity index (χ1v) is 13.7. The van der Waals surface area contributed by atoms with Gasteiger partial charge in [-0.25, -0.2) is 0 Å². The number of carbonyl (C=O) groups excluding carboxylic acids is 1. The van der Waals surface area contributed by atoms with Crippen LogP contribution in [0.3, 0.4) is 0 Å². The molecular formula is C38H35NO. The molecule has 0 amide bonds. The minimum Gasteiger partial charge on any atom is -0.311 e. The van der Waals surface area contributed by atoms with Gasteiger partial charge in [0.25, 0.3) is 0 Å². The molecule has 0 bridgehead atoms. The fourth-order valence-electron chi connectivity index (χ4n) is 4.72. The molecule has 0 atom stereocenters. The molecule has 0 aromatic heterocycles. The molecule has 0 unspecified atom stereocenters. The number of aldehydes is 1. The van der Waals surface area contributed by atoms with Crippen LogP contribution in [0.5, 0.6) is 0 Å². The summed E-state index contributed by atoms with van der Waals surface area (Å²) < 4.78 is 0. The van der Waals surface area contributed by atoms with Gasteiger partial charge >= 0.3 is 0 Å². The number of hydrogen-bond donors (Lipinski definition) is 0. The molecule has 5 aromatic carbocycles. The molecule has 40 heavy (non-hydrogen) atoms. The van der Waals surface area contributed by atoms with Gasteiger partial charge in [-0.05, 0) is 76.6 Å². The quantitative estimate of drug-likeness (QED) is 0.157. The lowest BCUT2D eigenvalue weighted by Gasteiger charge is -2.26. The van der Waals surface area contributed by atoms with Gasteiger partial charge in [0, 0.05) is 22.6 Å². The van der Waals surface area contributed by atoms with Crippen molar-refractivity contribution in [2.24, 2.45) is 0 Å². The van der Waals surface area contributed by atoms with E-state index in [4.69, 9.17) is 0 Å². The van der Waals surface area contributed by atoms with Crippen LogP contribution in [0.15, 0.2) is 121 Å². The molecule has 0 radical (unpaired) electrons. The fraction of sp³-hybridized carbons (Fsp3) is 0.132. The van der Waals surface area contributed by atoms with E-state index in [1.54, 1.807) is 0 Å². The van der Waals surface area contributed by atoms with Crippen LogP contribution >= 0.6 is 0 Å². The van der Waals surface area contributed by atoms with Crippen LogP contribution in [-0.2, 0) is 5.41 Å². The van der Waals surface area contributed by atoms with Crippen molar-refractivity contribution in [2.75, 3.05) is 4.90 Å². The molecule has 5 aromatic rings. The molecular weight excluding hydrogens is 486 g/mol. The summed E-state index contributed by atoms with van der Waals surface area (Å²) in [4.78, 5) is 13.3. The predicted molar refractivity (Wildman–Crippen MR) is 171 cm³/mol. The zero-order valence-corrected chi connectivity index (χ0v) is 23.6. The van der Waals surface area contributed by atoms with E-state index >= 15 is 0 Å². The Balaban J connectivity index is 1.41. The van der Waals surface area contributed by atoms with Crippen molar-refractivity contribution in [3.05, 3.63) is 149 Å². The van der Waals surface area contributed by atoms with Crippen molar-refractivity contribution in [3.8, 4) is 11.1 Å². The second-order valence-corrected chi connectivity index (χ2v) is 11.3. The average Bonchev–Trinajstić information content (AvgIpc) is 2.98. The Morgan fingerprint density at radius 2 is 0.875 bits per heavy atom. The molecule has 2 heteroatoms. The largest absolute Gasteiger partial charge is 0.311 e. The Labute approximate surface area is 238 Å². The van der Waals surface area contributed by atoms with Gasteiger partial charge in [-0.3, -0.25) is 4.79 Å². The average molecular weight is 522 g/mol. The minimum atomic E-state index is 0.157. The summed E-state index contributed by atoms with van der Waals surface area (Å²) >= 11 is 0. The highest BCUT2D eigenvalue weighted by atomic mass is 16.1. The second kappa shape index (κ2) is 11.6. The highest BCUT2D eigenvalue weighted by Gasteiger charge is 2.14. The number of nitrogens with zero attached hydrogens (tertiary/aromatic N) is 1. The van der Waals surface area contributed by atoms with Crippen molar-refractivity contribution >= 4 is 35.5 Å². The highest BCUT2D eigenvalue weighted by molar-refractivity contribution is 5.80. The van der Waals surface area contributed by atoms with Gasteiger partial charge in [0.2, 0.25) is 0 Å². The number of benzene rings is 5. The van der Waals surface area contributed by atoms with Crippen molar-refractivity contribution < 1.29 is 4.79 Å². The third-order valence-corrected chi connectivity index (χ3v) is 7.19. The summed E-state index contributed by atoms with van der Waals surface area (Å²) in [6.07, 6.45) is 5.20. The zero-order valence-electron chi connectivity index (χ0n) is 23.6. The molecule has 0 saturated carbocycles. The van der Waals surface area contributed by atoms with Crippen LogP contribution in [0.1, 0.15) is 53.4 Å². The van der Waals surface area contributed by atoms with Gasteiger partial charge in [0.15, 0.2) is 0 Å². The number of carbonyl (C=O) groups is 1. The van der Waals surface area contributed by atoms with E-state index in [1.807, 2.05) is 24.3 Å². The van der Waals surface area contributed by atoms with E-state index in [9.17, 15) is 4.79 Å². The molecule has 0 aliphatic rings. The molecule has 2 nitrogen and oxygen atoms in total. The van der Waals surface area contributed by atoms with E-state index in [0.29, 0.717) is 5.56 Å². The van der Waals surface area contributed by atoms with E-state index in [-0.39, 0.29) is 5.41 Å². The molecule has 0 saturated heterocycles. The first kappa shape index (κ1) is 26.9. The van der Waals surface area contributed by atoms with Crippen LogP contribution < -0.4 is 4.90 Å². The molecule has 0 N–H and O–H groups in total. The van der Waals surface area contributed by atoms with Crippen LogP contribution in [-0.4, -0.2) is 6.29 Å². The molecule has 0 aliphatic heterocycles. The summed E-state index contributed by atoms with van der Waals surface area (Å²) in [6, 6.07) is 42.4. The van der Waals surface area contributed by atoms with Crippen LogP contribution in [0.25, 0.3) is 23.3 Å². The topological polar surface area (TPSA) is 20.3 Å². The smallest absolute Gasteiger partial charge is 0.150 e. The van der Waals surface area contributed by atoms with Crippen LogP contribution in [0.4, 0.5) is 17.1 Å². The van der Waals surface area contributed by atoms with Gasteiger partial charge in [-0.2, -0.15) is 0 Å². The third kappa shape index (κ3) is 6.30. The molecule has 0 heterocycles. The first-order valence-electron chi connectivity index (χ1n) is 13.7. The number of anilines is 3. The van der Waals surface area contributed by atoms with E-state index in [1.165, 1.54) is 16.7 Å². The predicted octanol–water partition coefficient (Wildman–Crippen LogP) is 10.4. The lowest BCUT2D eigenvalue weighted by molar-refractivity contribution is 0.112. The summed E-state index contributed by atoms with van der Waals surface area (Å²) in [5, 5.41) is 0. The summed E-state index contributed by atoms with van der Waals surface area (Å²) in [5.74, 6) is 0. The third-order valence-electron chi connectivity index (χ3n) is 7.19. The minimum absolute atomic E-state index is 0.157. The molecule has 198 valence electrons. The number of hydrogen-bond acceptors (Lipinski definition) is 2. The van der Waals surface area contributed by atoms with Crippen LogP contribution in [0, 0.1) is 6.92 Å². The van der Waals surface area contributed by atoms with Crippen molar-refractivity contribution in [3.63, 3.8) is 0 Å². The normalized spacial score (nSPS) is 11.5. The highest BCUT2D eigenvalue weighted by Crippen LogP contribution is 2.36. The molecule has 0 fully saturated rings. The van der Waals surface area contributed by atoms with Crippen molar-refractivity contribution in [1.29, 1.82) is 0 Å². The lowest BCUT2D eigenvalue weighted by Crippen LogP contribution is -2.10. The Bertz CT molecular complexity index is 1590. The lowest BCUT2D eigenvalue weighted by atomic mass is 9.87. The van der Waals surface area contributed by atoms with E-state index < -0.39 is 0 Å². The Morgan fingerprint density at radius 1 is 0.500 bits per heavy atom. The maximum Gasteiger partial charge on any atom is 0.150 e. The summed E-state index contributed by atoms with van der Waals surface area (Å²) in [5.41, 5.74) is 11.2. The Kier molecular flexibility index (Phi) is 7.79. The fourth-order valence-corrected chi connectivity index (χ4v) is 4.72. The first-order chi connectivity index (χ1) is 19.3. The second-order valence-electron chi connectivity index (χ2n) is 11.3. The molecule has 0 spiro atoms. The standard InChI is InChI=1S/C38H35NO/c1-28-5-21-35(22-6-28)39(37-25-17-33(18-26-37)32-15-9-31(27-40)10-16-32)36-23-13-30(14-24-36)8-7-29-11-19-34(20-12-29)38(2,3)4/h5-27H,1-4H3/b8-7+. The van der Waals surface area contributed by atoms with Gasteiger partial charge in [-0.1, -0.05) is 123 Å². The van der Waals surface area contributed by atoms with Crippen LogP contribution in [0.2, 0.25) is 0 Å². The van der Waals surface area contributed by atoms with Gasteiger partial charge in [0.05, 0.1) is 0 Å². The maximum absolute atomic E-state index is 11.0. The van der Waals surface area contributed by atoms with Gasteiger partial charge < -0.3 is 4.90 Å². The molecule has 5 rings (SSSR count). The maximum atomic E-state index is 11.0. The Morgan fingerprint density at radius 3 is 1.32 bits per heavy atom. The zero-order chi connectivity index (χ0) is 28.1. The SMILES string of the molecule is Cc1ccc(N(c2ccc(/C=C/c3ccc(C(C)(C)C)cc3)cc2)c2ccc(-c3ccc(C=O)cc3)cc2)cc1. The number of rotatable bonds is 7.